The number of anilines is 3. The molecule has 2 heteroatoms. The Hall–Kier alpha value is -5.83. The maximum Gasteiger partial charge on any atom is 0.0735 e. The number of para-hydroxylation sites is 1. The second-order valence-corrected chi connectivity index (χ2v) is 16.0. The molecule has 0 N–H and O–H groups in total. The molecule has 8 aromatic rings. The summed E-state index contributed by atoms with van der Waals surface area (Å²) in [5.74, 6) is 0. The molecular weight excluding hydrogens is 647 g/mol. The van der Waals surface area contributed by atoms with Crippen LogP contribution in [0.25, 0.3) is 33.0 Å². The normalized spacial score (nSPS) is 15.0. The summed E-state index contributed by atoms with van der Waals surface area (Å²) in [4.78, 5) is 5.05. The van der Waals surface area contributed by atoms with Crippen molar-refractivity contribution in [1.82, 2.24) is 0 Å². The Balaban J connectivity index is 1.16. The average molecular weight is 682 g/mol. The predicted molar refractivity (Wildman–Crippen MR) is 218 cm³/mol. The largest absolute Gasteiger partial charge is 0.310 e. The molecule has 0 saturated heterocycles. The number of benzene rings is 8. The van der Waals surface area contributed by atoms with E-state index in [1.165, 1.54) is 81.9 Å². The summed E-state index contributed by atoms with van der Waals surface area (Å²) in [7, 11) is 0. The number of rotatable bonds is 3. The van der Waals surface area contributed by atoms with Gasteiger partial charge in [-0.15, -0.1) is 0 Å². The van der Waals surface area contributed by atoms with Gasteiger partial charge in [0.05, 0.1) is 5.41 Å². The molecule has 3 aliphatic rings. The highest BCUT2D eigenvalue weighted by atomic mass is 32.2. The van der Waals surface area contributed by atoms with Crippen LogP contribution in [0.15, 0.2) is 186 Å². The number of fused-ring (bicyclic) bond motifs is 13. The van der Waals surface area contributed by atoms with Gasteiger partial charge in [0.1, 0.15) is 0 Å². The Labute approximate surface area is 309 Å². The minimum absolute atomic E-state index is 0.0852. The lowest BCUT2D eigenvalue weighted by atomic mass is 9.67. The lowest BCUT2D eigenvalue weighted by molar-refractivity contribution is 0.660. The number of hydrogen-bond donors (Lipinski definition) is 0. The van der Waals surface area contributed by atoms with Crippen LogP contribution in [0.5, 0.6) is 0 Å². The summed E-state index contributed by atoms with van der Waals surface area (Å²) in [6, 6.07) is 65.9. The zero-order valence-electron chi connectivity index (χ0n) is 29.1. The fourth-order valence-electron chi connectivity index (χ4n) is 9.58. The molecule has 0 radical (unpaired) electrons. The average Bonchev–Trinajstić information content (AvgIpc) is 3.61. The fourth-order valence-corrected chi connectivity index (χ4v) is 10.8. The second kappa shape index (κ2) is 10.8. The lowest BCUT2D eigenvalue weighted by Gasteiger charge is -2.40. The maximum absolute atomic E-state index is 2.47. The van der Waals surface area contributed by atoms with Crippen molar-refractivity contribution in [2.75, 3.05) is 4.90 Å². The van der Waals surface area contributed by atoms with Gasteiger partial charge in [-0.3, -0.25) is 0 Å². The van der Waals surface area contributed by atoms with E-state index in [1.54, 1.807) is 0 Å². The summed E-state index contributed by atoms with van der Waals surface area (Å²) >= 11 is 1.91. The summed E-state index contributed by atoms with van der Waals surface area (Å²) in [6.45, 7) is 4.73. The highest BCUT2D eigenvalue weighted by molar-refractivity contribution is 7.99. The summed E-state index contributed by atoms with van der Waals surface area (Å²) < 4.78 is 0. The van der Waals surface area contributed by atoms with Crippen LogP contribution in [0, 0.1) is 0 Å². The summed E-state index contributed by atoms with van der Waals surface area (Å²) in [5.41, 5.74) is 16.5. The van der Waals surface area contributed by atoms with Crippen LogP contribution in [-0.2, 0) is 10.8 Å². The van der Waals surface area contributed by atoms with E-state index in [-0.39, 0.29) is 5.41 Å². The van der Waals surface area contributed by atoms with Crippen LogP contribution < -0.4 is 4.90 Å². The van der Waals surface area contributed by atoms with Crippen molar-refractivity contribution in [3.8, 4) is 22.3 Å². The Morgan fingerprint density at radius 1 is 0.365 bits per heavy atom. The minimum atomic E-state index is -0.424. The molecule has 1 spiro atoms. The van der Waals surface area contributed by atoms with Crippen molar-refractivity contribution < 1.29 is 0 Å². The number of nitrogens with zero attached hydrogens (tertiary/aromatic N) is 1. The minimum Gasteiger partial charge on any atom is -0.310 e. The van der Waals surface area contributed by atoms with Gasteiger partial charge >= 0.3 is 0 Å². The van der Waals surface area contributed by atoms with Crippen LogP contribution in [0.3, 0.4) is 0 Å². The van der Waals surface area contributed by atoms with E-state index >= 15 is 0 Å². The van der Waals surface area contributed by atoms with Crippen LogP contribution >= 0.6 is 11.8 Å². The van der Waals surface area contributed by atoms with E-state index in [2.05, 4.69) is 195 Å². The maximum atomic E-state index is 2.47. The molecule has 8 aromatic carbocycles. The summed E-state index contributed by atoms with van der Waals surface area (Å²) in [5, 5.41) is 2.55. The molecule has 0 bridgehead atoms. The Bertz CT molecular complexity index is 2710. The topological polar surface area (TPSA) is 3.24 Å². The standard InChI is InChI=1S/C50H35NS/c1-49(2)41-21-11-8-18-37(41)40-26-24-35(30-45(40)49)51(34-16-4-3-5-17-34)36-25-27-44-48(31-36)52-47-29-33-15-7-6-14-32(33)28-46(47)50(44)42-22-12-9-19-38(42)39-20-10-13-23-43(39)50/h3-31H,1-2H3. The van der Waals surface area contributed by atoms with Crippen molar-refractivity contribution >= 4 is 39.6 Å². The van der Waals surface area contributed by atoms with E-state index in [0.717, 1.165) is 11.4 Å². The summed E-state index contributed by atoms with van der Waals surface area (Å²) in [6.07, 6.45) is 0. The Morgan fingerprint density at radius 2 is 0.885 bits per heavy atom. The van der Waals surface area contributed by atoms with E-state index in [1.807, 2.05) is 11.8 Å². The molecule has 246 valence electrons. The van der Waals surface area contributed by atoms with Crippen molar-refractivity contribution in [2.45, 2.75) is 34.5 Å². The monoisotopic (exact) mass is 681 g/mol. The number of hydrogen-bond acceptors (Lipinski definition) is 2. The van der Waals surface area contributed by atoms with E-state index < -0.39 is 5.41 Å². The third kappa shape index (κ3) is 3.96. The third-order valence-electron chi connectivity index (χ3n) is 11.9. The van der Waals surface area contributed by atoms with Gasteiger partial charge in [0.25, 0.3) is 0 Å². The molecule has 0 fully saturated rings. The Kier molecular flexibility index (Phi) is 6.22. The van der Waals surface area contributed by atoms with Crippen LogP contribution in [0.1, 0.15) is 47.2 Å². The smallest absolute Gasteiger partial charge is 0.0735 e. The van der Waals surface area contributed by atoms with Gasteiger partial charge in [0.2, 0.25) is 0 Å². The third-order valence-corrected chi connectivity index (χ3v) is 13.0. The van der Waals surface area contributed by atoms with Crippen LogP contribution in [0.2, 0.25) is 0 Å². The highest BCUT2D eigenvalue weighted by Crippen LogP contribution is 2.63. The molecular formula is C50H35NS. The molecule has 0 atom stereocenters. The van der Waals surface area contributed by atoms with Gasteiger partial charge in [-0.05, 0) is 115 Å². The van der Waals surface area contributed by atoms with Gasteiger partial charge in [0, 0.05) is 32.3 Å². The molecule has 0 amide bonds. The molecule has 0 unspecified atom stereocenters. The first kappa shape index (κ1) is 29.9. The van der Waals surface area contributed by atoms with Gasteiger partial charge in [-0.1, -0.05) is 153 Å². The Morgan fingerprint density at radius 3 is 1.60 bits per heavy atom. The molecule has 1 nitrogen and oxygen atoms in total. The van der Waals surface area contributed by atoms with Gasteiger partial charge in [-0.2, -0.15) is 0 Å². The molecule has 1 heterocycles. The predicted octanol–water partition coefficient (Wildman–Crippen LogP) is 13.4. The molecule has 0 saturated carbocycles. The van der Waals surface area contributed by atoms with Crippen molar-refractivity contribution in [1.29, 1.82) is 0 Å². The van der Waals surface area contributed by atoms with Crippen LogP contribution in [0.4, 0.5) is 17.1 Å². The SMILES string of the molecule is CC1(C)c2ccccc2-c2ccc(N(c3ccccc3)c3ccc4c(c3)Sc3cc5ccccc5cc3C43c4ccccc4-c4ccccc43)cc21. The first-order chi connectivity index (χ1) is 25.5. The van der Waals surface area contributed by atoms with Gasteiger partial charge in [0.15, 0.2) is 0 Å². The van der Waals surface area contributed by atoms with Crippen LogP contribution in [-0.4, -0.2) is 0 Å². The fraction of sp³-hybridized carbons (Fsp3) is 0.0800. The highest BCUT2D eigenvalue weighted by Gasteiger charge is 2.50. The van der Waals surface area contributed by atoms with E-state index in [9.17, 15) is 0 Å². The zero-order chi connectivity index (χ0) is 34.6. The van der Waals surface area contributed by atoms with E-state index in [4.69, 9.17) is 0 Å². The lowest BCUT2D eigenvalue weighted by Crippen LogP contribution is -2.32. The first-order valence-corrected chi connectivity index (χ1v) is 19.0. The molecule has 0 aromatic heterocycles. The molecule has 1 aliphatic heterocycles. The van der Waals surface area contributed by atoms with Gasteiger partial charge in [-0.25, -0.2) is 0 Å². The van der Waals surface area contributed by atoms with Crippen molar-refractivity contribution in [2.24, 2.45) is 0 Å². The quantitative estimate of drug-likeness (QED) is 0.183. The second-order valence-electron chi connectivity index (χ2n) is 14.9. The van der Waals surface area contributed by atoms with Gasteiger partial charge < -0.3 is 4.90 Å². The molecule has 2 aliphatic carbocycles. The molecule has 52 heavy (non-hydrogen) atoms. The zero-order valence-corrected chi connectivity index (χ0v) is 29.9. The van der Waals surface area contributed by atoms with E-state index in [0.29, 0.717) is 0 Å². The first-order valence-electron chi connectivity index (χ1n) is 18.2. The van der Waals surface area contributed by atoms with Crippen molar-refractivity contribution in [3.63, 3.8) is 0 Å². The van der Waals surface area contributed by atoms with Crippen molar-refractivity contribution in [3.05, 3.63) is 209 Å². The molecule has 11 rings (SSSR count).